The minimum absolute atomic E-state index is 0.237. The Hall–Kier alpha value is -2.70. The van der Waals surface area contributed by atoms with Crippen molar-refractivity contribution in [3.63, 3.8) is 0 Å². The van der Waals surface area contributed by atoms with E-state index in [0.29, 0.717) is 30.2 Å². The molecule has 108 valence electrons. The molecular formula is C14H14N4O3. The lowest BCUT2D eigenvalue weighted by molar-refractivity contribution is 0.0697. The van der Waals surface area contributed by atoms with Gasteiger partial charge >= 0.3 is 5.97 Å². The van der Waals surface area contributed by atoms with Crippen LogP contribution in [0, 0.1) is 13.8 Å². The third-order valence-corrected chi connectivity index (χ3v) is 3.31. The lowest BCUT2D eigenvalue weighted by Gasteiger charge is -2.04. The van der Waals surface area contributed by atoms with E-state index in [-0.39, 0.29) is 5.56 Å². The van der Waals surface area contributed by atoms with Crippen molar-refractivity contribution in [2.45, 2.75) is 26.8 Å². The van der Waals surface area contributed by atoms with E-state index >= 15 is 0 Å². The Morgan fingerprint density at radius 3 is 2.81 bits per heavy atom. The van der Waals surface area contributed by atoms with Gasteiger partial charge < -0.3 is 14.2 Å². The van der Waals surface area contributed by atoms with Crippen molar-refractivity contribution in [3.8, 4) is 0 Å². The molecule has 3 rings (SSSR count). The van der Waals surface area contributed by atoms with Crippen LogP contribution in [0.4, 0.5) is 0 Å². The molecule has 0 saturated heterocycles. The first-order valence-corrected chi connectivity index (χ1v) is 6.54. The van der Waals surface area contributed by atoms with Crippen LogP contribution in [0.5, 0.6) is 0 Å². The highest BCUT2D eigenvalue weighted by Gasteiger charge is 2.11. The first-order valence-electron chi connectivity index (χ1n) is 6.54. The third-order valence-electron chi connectivity index (χ3n) is 3.31. The van der Waals surface area contributed by atoms with Crippen molar-refractivity contribution in [2.24, 2.45) is 0 Å². The molecule has 21 heavy (non-hydrogen) atoms. The number of carboxylic acid groups (broad SMARTS) is 1. The van der Waals surface area contributed by atoms with E-state index in [1.54, 1.807) is 25.1 Å². The summed E-state index contributed by atoms with van der Waals surface area (Å²) in [5, 5.41) is 12.9. The SMILES string of the molecule is Cc1nc(CCn2c(C)nc3cc(C(=O)O)ccc32)no1. The maximum Gasteiger partial charge on any atom is 0.335 e. The molecule has 0 aliphatic heterocycles. The molecule has 7 heteroatoms. The second-order valence-corrected chi connectivity index (χ2v) is 4.80. The number of imidazole rings is 1. The molecule has 0 aliphatic carbocycles. The molecular weight excluding hydrogens is 272 g/mol. The molecule has 2 heterocycles. The van der Waals surface area contributed by atoms with E-state index in [4.69, 9.17) is 9.63 Å². The minimum Gasteiger partial charge on any atom is -0.478 e. The Kier molecular flexibility index (Phi) is 3.17. The van der Waals surface area contributed by atoms with Crippen molar-refractivity contribution < 1.29 is 14.4 Å². The molecule has 0 bridgehead atoms. The van der Waals surface area contributed by atoms with Crippen LogP contribution < -0.4 is 0 Å². The summed E-state index contributed by atoms with van der Waals surface area (Å²) in [5.74, 6) is 1.07. The van der Waals surface area contributed by atoms with Gasteiger partial charge in [0.15, 0.2) is 5.82 Å². The van der Waals surface area contributed by atoms with Crippen LogP contribution in [0.1, 0.15) is 27.9 Å². The van der Waals surface area contributed by atoms with Gasteiger partial charge in [-0.25, -0.2) is 9.78 Å². The molecule has 0 fully saturated rings. The molecule has 0 spiro atoms. The Balaban J connectivity index is 1.91. The molecule has 0 aliphatic rings. The normalized spacial score (nSPS) is 11.1. The summed E-state index contributed by atoms with van der Waals surface area (Å²) in [7, 11) is 0. The number of aromatic nitrogens is 4. The fraction of sp³-hybridized carbons (Fsp3) is 0.286. The maximum absolute atomic E-state index is 11.0. The van der Waals surface area contributed by atoms with E-state index in [0.717, 1.165) is 11.3 Å². The predicted molar refractivity (Wildman–Crippen MR) is 74.2 cm³/mol. The highest BCUT2D eigenvalue weighted by molar-refractivity contribution is 5.92. The number of fused-ring (bicyclic) bond motifs is 1. The van der Waals surface area contributed by atoms with Crippen molar-refractivity contribution in [1.29, 1.82) is 0 Å². The molecule has 1 N–H and O–H groups in total. The topological polar surface area (TPSA) is 94.0 Å². The van der Waals surface area contributed by atoms with Gasteiger partial charge in [0.05, 0.1) is 16.6 Å². The summed E-state index contributed by atoms with van der Waals surface area (Å²) >= 11 is 0. The maximum atomic E-state index is 11.0. The summed E-state index contributed by atoms with van der Waals surface area (Å²) in [5.41, 5.74) is 1.82. The van der Waals surface area contributed by atoms with Crippen LogP contribution in [0.25, 0.3) is 11.0 Å². The Morgan fingerprint density at radius 1 is 1.33 bits per heavy atom. The largest absolute Gasteiger partial charge is 0.478 e. The molecule has 7 nitrogen and oxygen atoms in total. The lowest BCUT2D eigenvalue weighted by atomic mass is 10.2. The van der Waals surface area contributed by atoms with Crippen LogP contribution in [0.2, 0.25) is 0 Å². The van der Waals surface area contributed by atoms with Gasteiger partial charge in [-0.05, 0) is 25.1 Å². The van der Waals surface area contributed by atoms with Gasteiger partial charge in [0.25, 0.3) is 0 Å². The quantitative estimate of drug-likeness (QED) is 0.788. The van der Waals surface area contributed by atoms with E-state index in [2.05, 4.69) is 15.1 Å². The Bertz CT molecular complexity index is 819. The van der Waals surface area contributed by atoms with Crippen LogP contribution in [0.15, 0.2) is 22.7 Å². The van der Waals surface area contributed by atoms with Crippen LogP contribution in [0.3, 0.4) is 0 Å². The summed E-state index contributed by atoms with van der Waals surface area (Å²) in [6.45, 7) is 4.30. The summed E-state index contributed by atoms with van der Waals surface area (Å²) in [4.78, 5) is 19.6. The minimum atomic E-state index is -0.952. The summed E-state index contributed by atoms with van der Waals surface area (Å²) in [6, 6.07) is 4.95. The summed E-state index contributed by atoms with van der Waals surface area (Å²) < 4.78 is 6.96. The smallest absolute Gasteiger partial charge is 0.335 e. The van der Waals surface area contributed by atoms with E-state index in [1.165, 1.54) is 0 Å². The molecule has 0 saturated carbocycles. The first-order chi connectivity index (χ1) is 10.0. The van der Waals surface area contributed by atoms with Gasteiger partial charge in [-0.3, -0.25) is 0 Å². The second kappa shape index (κ2) is 5.01. The predicted octanol–water partition coefficient (Wildman–Crippen LogP) is 1.98. The first kappa shape index (κ1) is 13.3. The van der Waals surface area contributed by atoms with E-state index in [9.17, 15) is 4.79 Å². The number of benzene rings is 1. The van der Waals surface area contributed by atoms with E-state index in [1.807, 2.05) is 11.5 Å². The zero-order valence-electron chi connectivity index (χ0n) is 11.7. The fourth-order valence-electron chi connectivity index (χ4n) is 2.32. The van der Waals surface area contributed by atoms with Crippen LogP contribution in [-0.4, -0.2) is 30.8 Å². The average Bonchev–Trinajstić information content (AvgIpc) is 2.98. The van der Waals surface area contributed by atoms with Gasteiger partial charge in [-0.15, -0.1) is 0 Å². The van der Waals surface area contributed by atoms with Crippen LogP contribution >= 0.6 is 0 Å². The number of carboxylic acids is 1. The number of hydrogen-bond acceptors (Lipinski definition) is 5. The number of carbonyl (C=O) groups is 1. The van der Waals surface area contributed by atoms with Crippen molar-refractivity contribution in [1.82, 2.24) is 19.7 Å². The van der Waals surface area contributed by atoms with Crippen molar-refractivity contribution >= 4 is 17.0 Å². The van der Waals surface area contributed by atoms with Crippen LogP contribution in [-0.2, 0) is 13.0 Å². The van der Waals surface area contributed by atoms with Gasteiger partial charge in [0, 0.05) is 19.9 Å². The highest BCUT2D eigenvalue weighted by atomic mass is 16.5. The highest BCUT2D eigenvalue weighted by Crippen LogP contribution is 2.18. The van der Waals surface area contributed by atoms with Gasteiger partial charge in [0.2, 0.25) is 5.89 Å². The number of hydrogen-bond donors (Lipinski definition) is 1. The second-order valence-electron chi connectivity index (χ2n) is 4.80. The molecule has 3 aromatic rings. The molecule has 2 aromatic heterocycles. The zero-order valence-corrected chi connectivity index (χ0v) is 11.7. The summed E-state index contributed by atoms with van der Waals surface area (Å²) in [6.07, 6.45) is 0.629. The van der Waals surface area contributed by atoms with Gasteiger partial charge in [-0.2, -0.15) is 4.98 Å². The molecule has 0 unspecified atom stereocenters. The average molecular weight is 286 g/mol. The van der Waals surface area contributed by atoms with E-state index < -0.39 is 5.97 Å². The van der Waals surface area contributed by atoms with Crippen molar-refractivity contribution in [3.05, 3.63) is 41.3 Å². The number of rotatable bonds is 4. The Labute approximate surface area is 120 Å². The van der Waals surface area contributed by atoms with Crippen molar-refractivity contribution in [2.75, 3.05) is 0 Å². The van der Waals surface area contributed by atoms with Gasteiger partial charge in [-0.1, -0.05) is 5.16 Å². The number of nitrogens with zero attached hydrogens (tertiary/aromatic N) is 4. The third kappa shape index (κ3) is 2.49. The zero-order chi connectivity index (χ0) is 15.0. The molecule has 0 amide bonds. The molecule has 0 radical (unpaired) electrons. The standard InChI is InChI=1S/C14H14N4O3/c1-8-15-11-7-10(14(19)20)3-4-12(11)18(8)6-5-13-16-9(2)21-17-13/h3-4,7H,5-6H2,1-2H3,(H,19,20). The lowest BCUT2D eigenvalue weighted by Crippen LogP contribution is -2.04. The molecule has 1 aromatic carbocycles. The number of aromatic carboxylic acids is 1. The Morgan fingerprint density at radius 2 is 2.14 bits per heavy atom. The number of aryl methyl sites for hydroxylation is 4. The van der Waals surface area contributed by atoms with Gasteiger partial charge in [0.1, 0.15) is 5.82 Å². The monoisotopic (exact) mass is 286 g/mol. The fourth-order valence-corrected chi connectivity index (χ4v) is 2.32. The molecule has 0 atom stereocenters.